The third-order valence-electron chi connectivity index (χ3n) is 2.78. The summed E-state index contributed by atoms with van der Waals surface area (Å²) in [5.41, 5.74) is 3.12. The number of hydrogen-bond donors (Lipinski definition) is 0. The lowest BCUT2D eigenvalue weighted by molar-refractivity contribution is 0.669. The van der Waals surface area contributed by atoms with Crippen LogP contribution in [0.5, 0.6) is 0 Å². The normalized spacial score (nSPS) is 11.8. The summed E-state index contributed by atoms with van der Waals surface area (Å²) in [4.78, 5) is 0. The molecule has 16 heavy (non-hydrogen) atoms. The second-order valence-corrected chi connectivity index (χ2v) is 3.82. The van der Waals surface area contributed by atoms with Gasteiger partial charge in [-0.1, -0.05) is 42.5 Å². The lowest BCUT2D eigenvalue weighted by atomic mass is 10.1. The van der Waals surface area contributed by atoms with Gasteiger partial charge in [0.2, 0.25) is 0 Å². The molecule has 3 rings (SSSR count). The molecule has 0 saturated heterocycles. The average Bonchev–Trinajstić information content (AvgIpc) is 2.68. The molecule has 0 saturated carbocycles. The first-order valence-electron chi connectivity index (χ1n) is 5.43. The minimum Gasteiger partial charge on any atom is -0.456 e. The van der Waals surface area contributed by atoms with Crippen LogP contribution in [0.15, 0.2) is 53.0 Å². The summed E-state index contributed by atoms with van der Waals surface area (Å²) in [6.45, 7) is 2.03. The maximum atomic E-state index is 5.81. The van der Waals surface area contributed by atoms with Crippen molar-refractivity contribution in [2.24, 2.45) is 0 Å². The van der Waals surface area contributed by atoms with E-state index in [-0.39, 0.29) is 0 Å². The van der Waals surface area contributed by atoms with E-state index in [4.69, 9.17) is 4.42 Å². The van der Waals surface area contributed by atoms with E-state index >= 15 is 0 Å². The predicted molar refractivity (Wildman–Crippen MR) is 68.4 cm³/mol. The summed E-state index contributed by atoms with van der Waals surface area (Å²) in [6, 6.07) is 14.3. The van der Waals surface area contributed by atoms with Crippen molar-refractivity contribution in [3.63, 3.8) is 0 Å². The molecular formula is C15H12O. The van der Waals surface area contributed by atoms with Gasteiger partial charge in [0.15, 0.2) is 0 Å². The van der Waals surface area contributed by atoms with Crippen LogP contribution in [-0.2, 0) is 0 Å². The van der Waals surface area contributed by atoms with Crippen LogP contribution in [0.4, 0.5) is 0 Å². The molecule has 0 aliphatic rings. The summed E-state index contributed by atoms with van der Waals surface area (Å²) >= 11 is 0. The molecule has 0 amide bonds. The molecule has 1 aromatic heterocycles. The van der Waals surface area contributed by atoms with Crippen molar-refractivity contribution in [1.82, 2.24) is 0 Å². The summed E-state index contributed by atoms with van der Waals surface area (Å²) in [6.07, 6.45) is 4.17. The maximum absolute atomic E-state index is 5.81. The Balaban J connectivity index is 2.52. The molecule has 3 aromatic rings. The van der Waals surface area contributed by atoms with Gasteiger partial charge in [-0.25, -0.2) is 0 Å². The van der Waals surface area contributed by atoms with E-state index in [2.05, 4.69) is 24.3 Å². The molecule has 0 bridgehead atoms. The molecule has 0 fully saturated rings. The topological polar surface area (TPSA) is 13.1 Å². The van der Waals surface area contributed by atoms with E-state index in [0.29, 0.717) is 0 Å². The highest BCUT2D eigenvalue weighted by atomic mass is 16.3. The fourth-order valence-electron chi connectivity index (χ4n) is 2.12. The molecule has 0 atom stereocenters. The number of para-hydroxylation sites is 1. The first-order chi connectivity index (χ1) is 7.90. The van der Waals surface area contributed by atoms with Crippen LogP contribution in [0.2, 0.25) is 0 Å². The van der Waals surface area contributed by atoms with Crippen molar-refractivity contribution in [2.45, 2.75) is 6.92 Å². The maximum Gasteiger partial charge on any atom is 0.136 e. The summed E-state index contributed by atoms with van der Waals surface area (Å²) in [5, 5.41) is 2.39. The first-order valence-corrected chi connectivity index (χ1v) is 5.43. The lowest BCUT2D eigenvalue weighted by Crippen LogP contribution is -1.73. The summed E-state index contributed by atoms with van der Waals surface area (Å²) < 4.78 is 5.81. The minimum atomic E-state index is 0.953. The Labute approximate surface area is 94.0 Å². The molecule has 2 aromatic carbocycles. The van der Waals surface area contributed by atoms with Gasteiger partial charge in [-0.2, -0.15) is 0 Å². The van der Waals surface area contributed by atoms with Crippen molar-refractivity contribution in [2.75, 3.05) is 0 Å². The quantitative estimate of drug-likeness (QED) is 0.568. The van der Waals surface area contributed by atoms with Gasteiger partial charge in [-0.05, 0) is 24.6 Å². The van der Waals surface area contributed by atoms with E-state index in [1.807, 2.05) is 37.3 Å². The molecule has 78 valence electrons. The van der Waals surface area contributed by atoms with E-state index in [0.717, 1.165) is 11.2 Å². The summed E-state index contributed by atoms with van der Waals surface area (Å²) in [7, 11) is 0. The Morgan fingerprint density at radius 3 is 2.62 bits per heavy atom. The number of benzene rings is 2. The number of fused-ring (bicyclic) bond motifs is 3. The summed E-state index contributed by atoms with van der Waals surface area (Å²) in [5.74, 6) is 0. The van der Waals surface area contributed by atoms with Crippen LogP contribution in [0.25, 0.3) is 28.0 Å². The second-order valence-electron chi connectivity index (χ2n) is 3.82. The predicted octanol–water partition coefficient (Wildman–Crippen LogP) is 4.62. The van der Waals surface area contributed by atoms with E-state index < -0.39 is 0 Å². The number of furan rings is 1. The molecule has 1 nitrogen and oxygen atoms in total. The number of rotatable bonds is 1. The van der Waals surface area contributed by atoms with Crippen LogP contribution in [-0.4, -0.2) is 0 Å². The van der Waals surface area contributed by atoms with Crippen molar-refractivity contribution >= 4 is 28.0 Å². The van der Waals surface area contributed by atoms with Gasteiger partial charge in [0.25, 0.3) is 0 Å². The van der Waals surface area contributed by atoms with Crippen LogP contribution >= 0.6 is 0 Å². The highest BCUT2D eigenvalue weighted by Gasteiger charge is 2.07. The zero-order valence-electron chi connectivity index (χ0n) is 9.10. The fourth-order valence-corrected chi connectivity index (χ4v) is 2.12. The van der Waals surface area contributed by atoms with Crippen LogP contribution in [0, 0.1) is 0 Å². The third-order valence-corrected chi connectivity index (χ3v) is 2.78. The average molecular weight is 208 g/mol. The largest absolute Gasteiger partial charge is 0.456 e. The molecule has 1 heteroatoms. The second kappa shape index (κ2) is 3.53. The fraction of sp³-hybridized carbons (Fsp3) is 0.0667. The standard InChI is InChI=1S/C15H12O/c1-2-6-11-7-5-10-14-15(11)12-8-3-4-9-13(12)16-14/h2-10H,1H3/b6-2+. The Kier molecular flexibility index (Phi) is 2.03. The van der Waals surface area contributed by atoms with Gasteiger partial charge >= 0.3 is 0 Å². The number of hydrogen-bond acceptors (Lipinski definition) is 1. The Morgan fingerprint density at radius 2 is 1.75 bits per heavy atom. The van der Waals surface area contributed by atoms with Crippen molar-refractivity contribution in [3.05, 3.63) is 54.1 Å². The molecule has 0 aliphatic heterocycles. The Hall–Kier alpha value is -2.02. The van der Waals surface area contributed by atoms with Crippen molar-refractivity contribution in [3.8, 4) is 0 Å². The van der Waals surface area contributed by atoms with E-state index in [9.17, 15) is 0 Å². The van der Waals surface area contributed by atoms with Gasteiger partial charge in [-0.15, -0.1) is 0 Å². The third kappa shape index (κ3) is 1.25. The van der Waals surface area contributed by atoms with Gasteiger partial charge in [0, 0.05) is 10.8 Å². The molecule has 0 aliphatic carbocycles. The van der Waals surface area contributed by atoms with Crippen LogP contribution in [0.3, 0.4) is 0 Å². The Morgan fingerprint density at radius 1 is 0.938 bits per heavy atom. The SMILES string of the molecule is C/C=C/c1cccc2oc3ccccc3c12. The van der Waals surface area contributed by atoms with Gasteiger partial charge in [-0.3, -0.25) is 0 Å². The van der Waals surface area contributed by atoms with Crippen molar-refractivity contribution < 1.29 is 4.42 Å². The van der Waals surface area contributed by atoms with Crippen LogP contribution in [0.1, 0.15) is 12.5 Å². The van der Waals surface area contributed by atoms with Gasteiger partial charge in [0.05, 0.1) is 0 Å². The molecule has 0 N–H and O–H groups in total. The van der Waals surface area contributed by atoms with Gasteiger partial charge < -0.3 is 4.42 Å². The molecular weight excluding hydrogens is 196 g/mol. The van der Waals surface area contributed by atoms with E-state index in [1.165, 1.54) is 16.3 Å². The zero-order chi connectivity index (χ0) is 11.0. The van der Waals surface area contributed by atoms with E-state index in [1.54, 1.807) is 0 Å². The smallest absolute Gasteiger partial charge is 0.136 e. The number of allylic oxidation sites excluding steroid dienone is 1. The highest BCUT2D eigenvalue weighted by Crippen LogP contribution is 2.31. The first kappa shape index (κ1) is 9.22. The zero-order valence-corrected chi connectivity index (χ0v) is 9.10. The molecule has 1 heterocycles. The molecule has 0 unspecified atom stereocenters. The minimum absolute atomic E-state index is 0.953. The van der Waals surface area contributed by atoms with Gasteiger partial charge in [0.1, 0.15) is 11.2 Å². The lowest BCUT2D eigenvalue weighted by Gasteiger charge is -1.95. The highest BCUT2D eigenvalue weighted by molar-refractivity contribution is 6.08. The molecule has 0 radical (unpaired) electrons. The molecule has 0 spiro atoms. The Bertz CT molecular complexity index is 674. The monoisotopic (exact) mass is 208 g/mol. The van der Waals surface area contributed by atoms with Crippen molar-refractivity contribution in [1.29, 1.82) is 0 Å². The van der Waals surface area contributed by atoms with Crippen LogP contribution < -0.4 is 0 Å².